The number of nitrogens with two attached hydrogens (primary N) is 1. The Morgan fingerprint density at radius 2 is 2.29 bits per heavy atom. The van der Waals surface area contributed by atoms with E-state index in [0.717, 1.165) is 19.4 Å². The Hall–Kier alpha value is -1.14. The lowest BCUT2D eigenvalue weighted by Crippen LogP contribution is -2.47. The largest absolute Gasteiger partial charge is 0.481 e. The van der Waals surface area contributed by atoms with E-state index >= 15 is 0 Å². The first-order valence-corrected chi connectivity index (χ1v) is 5.92. The SMILES string of the molecule is CCN(CC1CCCO1)C(=O)C(N)CC(=O)O. The van der Waals surface area contributed by atoms with E-state index in [1.807, 2.05) is 6.92 Å². The van der Waals surface area contributed by atoms with E-state index in [-0.39, 0.29) is 18.4 Å². The van der Waals surface area contributed by atoms with Crippen molar-refractivity contribution in [1.29, 1.82) is 0 Å². The number of carboxylic acid groups (broad SMARTS) is 1. The van der Waals surface area contributed by atoms with Crippen molar-refractivity contribution in [2.75, 3.05) is 19.7 Å². The van der Waals surface area contributed by atoms with Crippen LogP contribution in [-0.2, 0) is 14.3 Å². The van der Waals surface area contributed by atoms with Gasteiger partial charge in [0.2, 0.25) is 5.91 Å². The van der Waals surface area contributed by atoms with Gasteiger partial charge >= 0.3 is 5.97 Å². The highest BCUT2D eigenvalue weighted by Gasteiger charge is 2.26. The number of ether oxygens (including phenoxy) is 1. The van der Waals surface area contributed by atoms with Crippen LogP contribution in [0.25, 0.3) is 0 Å². The van der Waals surface area contributed by atoms with Gasteiger partial charge in [-0.15, -0.1) is 0 Å². The highest BCUT2D eigenvalue weighted by atomic mass is 16.5. The lowest BCUT2D eigenvalue weighted by Gasteiger charge is -2.26. The Kier molecular flexibility index (Phi) is 5.37. The standard InChI is InChI=1S/C11H20N2O4/c1-2-13(7-8-4-3-5-17-8)11(16)9(12)6-10(14)15/h8-9H,2-7,12H2,1H3,(H,14,15). The van der Waals surface area contributed by atoms with Gasteiger partial charge in [-0.25, -0.2) is 0 Å². The molecule has 1 saturated heterocycles. The fourth-order valence-electron chi connectivity index (χ4n) is 1.92. The summed E-state index contributed by atoms with van der Waals surface area (Å²) in [5, 5.41) is 8.60. The minimum Gasteiger partial charge on any atom is -0.481 e. The van der Waals surface area contributed by atoms with E-state index in [9.17, 15) is 9.59 Å². The molecule has 0 radical (unpaired) electrons. The Morgan fingerprint density at radius 1 is 1.59 bits per heavy atom. The van der Waals surface area contributed by atoms with Crippen LogP contribution < -0.4 is 5.73 Å². The van der Waals surface area contributed by atoms with Crippen molar-refractivity contribution < 1.29 is 19.4 Å². The highest BCUT2D eigenvalue weighted by Crippen LogP contribution is 2.13. The van der Waals surface area contributed by atoms with E-state index in [1.54, 1.807) is 4.90 Å². The zero-order valence-corrected chi connectivity index (χ0v) is 10.1. The third-order valence-electron chi connectivity index (χ3n) is 2.85. The number of aliphatic carboxylic acids is 1. The number of hydrogen-bond donors (Lipinski definition) is 2. The Labute approximate surface area is 101 Å². The third-order valence-corrected chi connectivity index (χ3v) is 2.85. The number of nitrogens with zero attached hydrogens (tertiary/aromatic N) is 1. The summed E-state index contributed by atoms with van der Waals surface area (Å²) in [4.78, 5) is 23.9. The number of carbonyl (C=O) groups is 2. The molecule has 98 valence electrons. The second-order valence-electron chi connectivity index (χ2n) is 4.22. The summed E-state index contributed by atoms with van der Waals surface area (Å²) in [5.74, 6) is -1.37. The van der Waals surface area contributed by atoms with Crippen LogP contribution in [0.2, 0.25) is 0 Å². The van der Waals surface area contributed by atoms with Crippen LogP contribution in [0.1, 0.15) is 26.2 Å². The molecule has 1 fully saturated rings. The average molecular weight is 244 g/mol. The minimum absolute atomic E-state index is 0.0657. The molecule has 0 bridgehead atoms. The fourth-order valence-corrected chi connectivity index (χ4v) is 1.92. The molecule has 0 saturated carbocycles. The van der Waals surface area contributed by atoms with Gasteiger partial charge in [0.25, 0.3) is 0 Å². The van der Waals surface area contributed by atoms with Gasteiger partial charge in [0.1, 0.15) is 0 Å². The van der Waals surface area contributed by atoms with Crippen LogP contribution in [0, 0.1) is 0 Å². The molecular weight excluding hydrogens is 224 g/mol. The highest BCUT2D eigenvalue weighted by molar-refractivity contribution is 5.85. The maximum Gasteiger partial charge on any atom is 0.305 e. The average Bonchev–Trinajstić information content (AvgIpc) is 2.76. The maximum absolute atomic E-state index is 11.9. The van der Waals surface area contributed by atoms with E-state index in [2.05, 4.69) is 0 Å². The second-order valence-corrected chi connectivity index (χ2v) is 4.22. The van der Waals surface area contributed by atoms with Gasteiger partial charge in [0.15, 0.2) is 0 Å². The van der Waals surface area contributed by atoms with Crippen molar-refractivity contribution in [3.8, 4) is 0 Å². The Bertz CT molecular complexity index is 277. The fraction of sp³-hybridized carbons (Fsp3) is 0.818. The Morgan fingerprint density at radius 3 is 2.76 bits per heavy atom. The summed E-state index contributed by atoms with van der Waals surface area (Å²) in [6, 6.07) is -0.964. The summed E-state index contributed by atoms with van der Waals surface area (Å²) in [5.41, 5.74) is 5.56. The van der Waals surface area contributed by atoms with Crippen LogP contribution in [0.4, 0.5) is 0 Å². The first-order chi connectivity index (χ1) is 8.04. The summed E-state index contributed by atoms with van der Waals surface area (Å²) < 4.78 is 5.45. The quantitative estimate of drug-likeness (QED) is 0.676. The molecule has 1 aliphatic rings. The summed E-state index contributed by atoms with van der Waals surface area (Å²) in [7, 11) is 0. The molecule has 0 aromatic heterocycles. The molecule has 1 rings (SSSR count). The number of amides is 1. The van der Waals surface area contributed by atoms with Crippen molar-refractivity contribution in [1.82, 2.24) is 4.90 Å². The lowest BCUT2D eigenvalue weighted by atomic mass is 10.1. The number of likely N-dealkylation sites (N-methyl/N-ethyl adjacent to an activating group) is 1. The molecule has 0 spiro atoms. The molecule has 2 unspecified atom stereocenters. The maximum atomic E-state index is 11.9. The van der Waals surface area contributed by atoms with Crippen LogP contribution in [0.3, 0.4) is 0 Å². The zero-order valence-electron chi connectivity index (χ0n) is 10.1. The number of carboxylic acids is 1. The predicted octanol–water partition coefficient (Wildman–Crippen LogP) is -0.184. The first kappa shape index (κ1) is 13.9. The van der Waals surface area contributed by atoms with Crippen molar-refractivity contribution >= 4 is 11.9 Å². The smallest absolute Gasteiger partial charge is 0.305 e. The van der Waals surface area contributed by atoms with Crippen molar-refractivity contribution in [3.05, 3.63) is 0 Å². The van der Waals surface area contributed by atoms with Gasteiger partial charge in [-0.05, 0) is 19.8 Å². The van der Waals surface area contributed by atoms with Crippen LogP contribution >= 0.6 is 0 Å². The van der Waals surface area contributed by atoms with Gasteiger partial charge in [-0.1, -0.05) is 0 Å². The predicted molar refractivity (Wildman–Crippen MR) is 61.5 cm³/mol. The summed E-state index contributed by atoms with van der Waals surface area (Å²) in [6.45, 7) is 3.60. The zero-order chi connectivity index (χ0) is 12.8. The molecule has 1 aliphatic heterocycles. The van der Waals surface area contributed by atoms with Crippen molar-refractivity contribution in [2.24, 2.45) is 5.73 Å². The van der Waals surface area contributed by atoms with E-state index in [1.165, 1.54) is 0 Å². The summed E-state index contributed by atoms with van der Waals surface area (Å²) in [6.07, 6.45) is 1.69. The monoisotopic (exact) mass is 244 g/mol. The van der Waals surface area contributed by atoms with E-state index < -0.39 is 12.0 Å². The normalized spacial score (nSPS) is 21.2. The van der Waals surface area contributed by atoms with Gasteiger partial charge in [0, 0.05) is 19.7 Å². The van der Waals surface area contributed by atoms with Gasteiger partial charge in [0.05, 0.1) is 18.6 Å². The molecule has 17 heavy (non-hydrogen) atoms. The van der Waals surface area contributed by atoms with Crippen LogP contribution in [0.15, 0.2) is 0 Å². The molecule has 0 aromatic rings. The van der Waals surface area contributed by atoms with Crippen molar-refractivity contribution in [3.63, 3.8) is 0 Å². The molecule has 6 heteroatoms. The second kappa shape index (κ2) is 6.56. The molecule has 3 N–H and O–H groups in total. The number of rotatable bonds is 6. The molecule has 6 nitrogen and oxygen atoms in total. The minimum atomic E-state index is -1.06. The molecule has 0 aromatic carbocycles. The number of carbonyl (C=O) groups excluding carboxylic acids is 1. The van der Waals surface area contributed by atoms with Gasteiger partial charge < -0.3 is 20.5 Å². The van der Waals surface area contributed by atoms with Crippen LogP contribution in [-0.4, -0.2) is 53.7 Å². The number of hydrogen-bond acceptors (Lipinski definition) is 4. The molecule has 1 amide bonds. The first-order valence-electron chi connectivity index (χ1n) is 5.92. The van der Waals surface area contributed by atoms with E-state index in [0.29, 0.717) is 13.1 Å². The summed E-state index contributed by atoms with van der Waals surface area (Å²) >= 11 is 0. The molecular formula is C11H20N2O4. The molecule has 2 atom stereocenters. The lowest BCUT2D eigenvalue weighted by molar-refractivity contribution is -0.142. The van der Waals surface area contributed by atoms with Crippen LogP contribution in [0.5, 0.6) is 0 Å². The van der Waals surface area contributed by atoms with Gasteiger partial charge in [-0.3, -0.25) is 9.59 Å². The Balaban J connectivity index is 2.47. The van der Waals surface area contributed by atoms with E-state index in [4.69, 9.17) is 15.6 Å². The molecule has 0 aliphatic carbocycles. The topological polar surface area (TPSA) is 92.9 Å². The van der Waals surface area contributed by atoms with Crippen molar-refractivity contribution in [2.45, 2.75) is 38.3 Å². The molecule has 1 heterocycles. The third kappa shape index (κ3) is 4.32. The van der Waals surface area contributed by atoms with Gasteiger partial charge in [-0.2, -0.15) is 0 Å².